The van der Waals surface area contributed by atoms with Crippen LogP contribution in [0.5, 0.6) is 11.5 Å². The lowest BCUT2D eigenvalue weighted by Crippen LogP contribution is -2.39. The lowest BCUT2D eigenvalue weighted by atomic mass is 10.0. The highest BCUT2D eigenvalue weighted by Gasteiger charge is 2.38. The summed E-state index contributed by atoms with van der Waals surface area (Å²) >= 11 is 1.61. The number of carboxylic acid groups (broad SMARTS) is 1. The molecule has 1 aliphatic rings. The molecule has 3 aromatic rings. The average molecular weight is 413 g/mol. The predicted octanol–water partition coefficient (Wildman–Crippen LogP) is 4.34. The number of nitrogens with zero attached hydrogens (tertiary/aromatic N) is 2. The normalized spacial score (nSPS) is 18.1. The van der Waals surface area contributed by atoms with E-state index in [1.54, 1.807) is 18.4 Å². The maximum atomic E-state index is 11.9. The smallest absolute Gasteiger partial charge is 0.320 e. The Balaban J connectivity index is 1.84. The second-order valence-corrected chi connectivity index (χ2v) is 8.06. The van der Waals surface area contributed by atoms with Crippen molar-refractivity contribution in [2.45, 2.75) is 31.8 Å². The third-order valence-corrected chi connectivity index (χ3v) is 6.35. The van der Waals surface area contributed by atoms with E-state index in [-0.39, 0.29) is 6.04 Å². The van der Waals surface area contributed by atoms with Gasteiger partial charge in [0.2, 0.25) is 0 Å². The van der Waals surface area contributed by atoms with Gasteiger partial charge in [-0.2, -0.15) is 0 Å². The number of carboxylic acids is 1. The van der Waals surface area contributed by atoms with Crippen molar-refractivity contribution < 1.29 is 19.4 Å². The number of rotatable bonds is 7. The number of para-hydroxylation sites is 1. The summed E-state index contributed by atoms with van der Waals surface area (Å²) in [5.41, 5.74) is 1.89. The molecule has 1 N–H and O–H groups in total. The monoisotopic (exact) mass is 412 g/mol. The second-order valence-electron chi connectivity index (χ2n) is 7.00. The summed E-state index contributed by atoms with van der Waals surface area (Å²) in [5, 5.41) is 10.7. The van der Waals surface area contributed by atoms with Gasteiger partial charge >= 0.3 is 5.97 Å². The van der Waals surface area contributed by atoms with Gasteiger partial charge in [-0.3, -0.25) is 9.69 Å². The van der Waals surface area contributed by atoms with E-state index in [0.29, 0.717) is 31.1 Å². The first-order chi connectivity index (χ1) is 14.1. The third kappa shape index (κ3) is 3.80. The highest BCUT2D eigenvalue weighted by molar-refractivity contribution is 7.18. The van der Waals surface area contributed by atoms with Gasteiger partial charge in [0, 0.05) is 6.54 Å². The van der Waals surface area contributed by atoms with Crippen LogP contribution < -0.4 is 9.47 Å². The fraction of sp³-hybridized carbons (Fsp3) is 0.364. The van der Waals surface area contributed by atoms with E-state index in [1.165, 1.54) is 0 Å². The number of aromatic nitrogens is 1. The van der Waals surface area contributed by atoms with Crippen LogP contribution in [0.3, 0.4) is 0 Å². The third-order valence-electron chi connectivity index (χ3n) is 5.26. The molecule has 0 amide bonds. The van der Waals surface area contributed by atoms with E-state index in [0.717, 1.165) is 27.2 Å². The van der Waals surface area contributed by atoms with Crippen LogP contribution in [0.2, 0.25) is 0 Å². The molecule has 2 unspecified atom stereocenters. The van der Waals surface area contributed by atoms with E-state index >= 15 is 0 Å². The molecule has 29 heavy (non-hydrogen) atoms. The van der Waals surface area contributed by atoms with E-state index in [9.17, 15) is 9.90 Å². The SMILES string of the molecule is CCOc1cc(C(c2nc3ccccc3s2)N2CCCC2C(=O)O)ccc1OC. The lowest BCUT2D eigenvalue weighted by molar-refractivity contribution is -0.142. The summed E-state index contributed by atoms with van der Waals surface area (Å²) in [6, 6.07) is 13.0. The number of fused-ring (bicyclic) bond motifs is 1. The second kappa shape index (κ2) is 8.39. The van der Waals surface area contributed by atoms with Gasteiger partial charge in [-0.05, 0) is 49.6 Å². The minimum Gasteiger partial charge on any atom is -0.493 e. The Labute approximate surface area is 173 Å². The topological polar surface area (TPSA) is 71.9 Å². The molecule has 0 radical (unpaired) electrons. The van der Waals surface area contributed by atoms with Crippen LogP contribution in [0.4, 0.5) is 0 Å². The van der Waals surface area contributed by atoms with E-state index in [2.05, 4.69) is 4.90 Å². The van der Waals surface area contributed by atoms with Gasteiger partial charge < -0.3 is 14.6 Å². The number of ether oxygens (including phenoxy) is 2. The van der Waals surface area contributed by atoms with Crippen LogP contribution in [0, 0.1) is 0 Å². The summed E-state index contributed by atoms with van der Waals surface area (Å²) < 4.78 is 12.3. The molecule has 4 rings (SSSR count). The molecule has 1 saturated heterocycles. The minimum absolute atomic E-state index is 0.249. The quantitative estimate of drug-likeness (QED) is 0.622. The number of hydrogen-bond donors (Lipinski definition) is 1. The van der Waals surface area contributed by atoms with E-state index < -0.39 is 12.0 Å². The zero-order valence-corrected chi connectivity index (χ0v) is 17.3. The van der Waals surface area contributed by atoms with Crippen molar-refractivity contribution in [3.63, 3.8) is 0 Å². The van der Waals surface area contributed by atoms with Gasteiger partial charge in [0.25, 0.3) is 0 Å². The van der Waals surface area contributed by atoms with Gasteiger partial charge in [0.15, 0.2) is 11.5 Å². The van der Waals surface area contributed by atoms with E-state index in [1.807, 2.05) is 49.4 Å². The fourth-order valence-corrected chi connectivity index (χ4v) is 5.10. The molecular formula is C22H24N2O4S. The van der Waals surface area contributed by atoms with E-state index in [4.69, 9.17) is 14.5 Å². The van der Waals surface area contributed by atoms with Crippen LogP contribution in [0.25, 0.3) is 10.2 Å². The van der Waals surface area contributed by atoms with Crippen molar-refractivity contribution in [2.24, 2.45) is 0 Å². The molecule has 0 bridgehead atoms. The summed E-state index contributed by atoms with van der Waals surface area (Å²) in [6.07, 6.45) is 1.50. The predicted molar refractivity (Wildman–Crippen MR) is 113 cm³/mol. The van der Waals surface area contributed by atoms with Crippen LogP contribution in [0.1, 0.15) is 36.4 Å². The van der Waals surface area contributed by atoms with Crippen molar-refractivity contribution in [1.82, 2.24) is 9.88 Å². The number of carbonyl (C=O) groups is 1. The number of hydrogen-bond acceptors (Lipinski definition) is 6. The van der Waals surface area contributed by atoms with Crippen molar-refractivity contribution in [1.29, 1.82) is 0 Å². The van der Waals surface area contributed by atoms with Gasteiger partial charge in [0.1, 0.15) is 11.0 Å². The molecule has 2 aromatic carbocycles. The van der Waals surface area contributed by atoms with Crippen molar-refractivity contribution >= 4 is 27.5 Å². The van der Waals surface area contributed by atoms with Crippen molar-refractivity contribution in [3.05, 3.63) is 53.0 Å². The molecule has 1 aromatic heterocycles. The Kier molecular flexibility index (Phi) is 5.69. The zero-order chi connectivity index (χ0) is 20.4. The fourth-order valence-electron chi connectivity index (χ4n) is 3.98. The molecule has 152 valence electrons. The van der Waals surface area contributed by atoms with Crippen LogP contribution in [0.15, 0.2) is 42.5 Å². The standard InChI is InChI=1S/C22H24N2O4S/c1-3-28-18-13-14(10-11-17(18)27-2)20(24-12-6-8-16(24)22(25)26)21-23-15-7-4-5-9-19(15)29-21/h4-5,7,9-11,13,16,20H,3,6,8,12H2,1-2H3,(H,25,26). The molecule has 7 heteroatoms. The maximum absolute atomic E-state index is 11.9. The first kappa shape index (κ1) is 19.7. The van der Waals surface area contributed by atoms with Crippen LogP contribution in [-0.2, 0) is 4.79 Å². The number of benzene rings is 2. The zero-order valence-electron chi connectivity index (χ0n) is 16.5. The maximum Gasteiger partial charge on any atom is 0.320 e. The summed E-state index contributed by atoms with van der Waals surface area (Å²) in [6.45, 7) is 3.17. The Hall–Kier alpha value is -2.64. The summed E-state index contributed by atoms with van der Waals surface area (Å²) in [7, 11) is 1.61. The molecule has 6 nitrogen and oxygen atoms in total. The number of methoxy groups -OCH3 is 1. The highest BCUT2D eigenvalue weighted by Crippen LogP contribution is 2.41. The molecule has 0 saturated carbocycles. The van der Waals surface area contributed by atoms with Gasteiger partial charge in [0.05, 0.1) is 30.0 Å². The summed E-state index contributed by atoms with van der Waals surface area (Å²) in [5.74, 6) is 0.534. The minimum atomic E-state index is -0.785. The molecule has 1 aliphatic heterocycles. The molecular weight excluding hydrogens is 388 g/mol. The molecule has 0 aliphatic carbocycles. The molecule has 2 heterocycles. The average Bonchev–Trinajstić information content (AvgIpc) is 3.36. The van der Waals surface area contributed by atoms with Crippen molar-refractivity contribution in [3.8, 4) is 11.5 Å². The molecule has 0 spiro atoms. The number of thiazole rings is 1. The first-order valence-corrected chi connectivity index (χ1v) is 10.6. The Morgan fingerprint density at radius 3 is 2.86 bits per heavy atom. The van der Waals surface area contributed by atoms with Gasteiger partial charge in [-0.1, -0.05) is 18.2 Å². The Morgan fingerprint density at radius 1 is 1.31 bits per heavy atom. The van der Waals surface area contributed by atoms with Gasteiger partial charge in [-0.15, -0.1) is 11.3 Å². The Morgan fingerprint density at radius 2 is 2.14 bits per heavy atom. The number of aliphatic carboxylic acids is 1. The van der Waals surface area contributed by atoms with Crippen LogP contribution in [-0.4, -0.2) is 47.3 Å². The Bertz CT molecular complexity index is 986. The summed E-state index contributed by atoms with van der Waals surface area (Å²) in [4.78, 5) is 18.8. The number of likely N-dealkylation sites (tertiary alicyclic amines) is 1. The molecule has 1 fully saturated rings. The first-order valence-electron chi connectivity index (χ1n) is 9.77. The molecule has 2 atom stereocenters. The largest absolute Gasteiger partial charge is 0.493 e. The van der Waals surface area contributed by atoms with Crippen molar-refractivity contribution in [2.75, 3.05) is 20.3 Å². The highest BCUT2D eigenvalue weighted by atomic mass is 32.1. The van der Waals surface area contributed by atoms with Gasteiger partial charge in [-0.25, -0.2) is 4.98 Å². The lowest BCUT2D eigenvalue weighted by Gasteiger charge is -2.30. The van der Waals surface area contributed by atoms with Crippen LogP contribution >= 0.6 is 11.3 Å².